The van der Waals surface area contributed by atoms with Gasteiger partial charge in [0.05, 0.1) is 5.56 Å². The summed E-state index contributed by atoms with van der Waals surface area (Å²) >= 11 is 0. The topological polar surface area (TPSA) is 79.3 Å². The molecule has 2 aromatic rings. The van der Waals surface area contributed by atoms with Gasteiger partial charge in [0.2, 0.25) is 5.91 Å². The minimum absolute atomic E-state index is 0.0781. The van der Waals surface area contributed by atoms with Gasteiger partial charge in [-0.15, -0.1) is 0 Å². The predicted molar refractivity (Wildman–Crippen MR) is 99.7 cm³/mol. The van der Waals surface area contributed by atoms with Gasteiger partial charge >= 0.3 is 0 Å². The molecule has 0 atom stereocenters. The third-order valence-electron chi connectivity index (χ3n) is 5.37. The first-order valence-corrected chi connectivity index (χ1v) is 9.53. The Morgan fingerprint density at radius 2 is 1.67 bits per heavy atom. The number of carbonyl (C=O) groups excluding carboxylic acids is 2. The van der Waals surface area contributed by atoms with E-state index in [2.05, 4.69) is 15.0 Å². The van der Waals surface area contributed by atoms with Crippen molar-refractivity contribution in [2.75, 3.05) is 26.2 Å². The van der Waals surface area contributed by atoms with Crippen LogP contribution in [-0.2, 0) is 4.79 Å². The van der Waals surface area contributed by atoms with Crippen LogP contribution in [0.2, 0.25) is 0 Å². The fourth-order valence-electron chi connectivity index (χ4n) is 3.52. The van der Waals surface area contributed by atoms with Gasteiger partial charge in [-0.1, -0.05) is 6.42 Å². The van der Waals surface area contributed by atoms with Gasteiger partial charge in [0, 0.05) is 62.4 Å². The maximum absolute atomic E-state index is 12.8. The lowest BCUT2D eigenvalue weighted by Crippen LogP contribution is -2.41. The quantitative estimate of drug-likeness (QED) is 0.831. The molecule has 2 fully saturated rings. The molecule has 2 aromatic heterocycles. The smallest absolute Gasteiger partial charge is 0.257 e. The van der Waals surface area contributed by atoms with Crippen LogP contribution in [0, 0.1) is 5.92 Å². The van der Waals surface area contributed by atoms with Crippen molar-refractivity contribution in [2.24, 2.45) is 5.92 Å². The molecule has 7 heteroatoms. The van der Waals surface area contributed by atoms with Gasteiger partial charge in [-0.2, -0.15) is 0 Å². The van der Waals surface area contributed by atoms with Crippen LogP contribution in [0.5, 0.6) is 0 Å². The second-order valence-corrected chi connectivity index (χ2v) is 7.14. The summed E-state index contributed by atoms with van der Waals surface area (Å²) in [6.07, 6.45) is 10.5. The molecule has 1 saturated carbocycles. The third-order valence-corrected chi connectivity index (χ3v) is 5.37. The van der Waals surface area contributed by atoms with Gasteiger partial charge < -0.3 is 9.80 Å². The SMILES string of the molecule is O=C(c1cnc(-c2cccnc2)nc1)N1CCCN(C(=O)C2CCC2)CC1. The van der Waals surface area contributed by atoms with Gasteiger partial charge in [-0.05, 0) is 31.4 Å². The number of carbonyl (C=O) groups is 2. The highest BCUT2D eigenvalue weighted by Crippen LogP contribution is 2.28. The zero-order valence-electron chi connectivity index (χ0n) is 15.3. The molecule has 3 heterocycles. The number of hydrogen-bond donors (Lipinski definition) is 0. The first kappa shape index (κ1) is 17.6. The molecule has 0 unspecified atom stereocenters. The molecule has 0 spiro atoms. The van der Waals surface area contributed by atoms with Crippen LogP contribution >= 0.6 is 0 Å². The number of nitrogens with zero attached hydrogens (tertiary/aromatic N) is 5. The molecule has 27 heavy (non-hydrogen) atoms. The lowest BCUT2D eigenvalue weighted by atomic mass is 9.84. The summed E-state index contributed by atoms with van der Waals surface area (Å²) in [6, 6.07) is 3.71. The van der Waals surface area contributed by atoms with E-state index >= 15 is 0 Å². The molecule has 1 aliphatic carbocycles. The van der Waals surface area contributed by atoms with E-state index in [9.17, 15) is 9.59 Å². The average molecular weight is 365 g/mol. The highest BCUT2D eigenvalue weighted by Gasteiger charge is 2.31. The van der Waals surface area contributed by atoms with Crippen LogP contribution in [0.25, 0.3) is 11.4 Å². The second-order valence-electron chi connectivity index (χ2n) is 7.14. The van der Waals surface area contributed by atoms with E-state index < -0.39 is 0 Å². The van der Waals surface area contributed by atoms with Crippen LogP contribution in [0.4, 0.5) is 0 Å². The van der Waals surface area contributed by atoms with Crippen molar-refractivity contribution in [3.63, 3.8) is 0 Å². The number of pyridine rings is 1. The zero-order chi connectivity index (χ0) is 18.6. The van der Waals surface area contributed by atoms with Crippen molar-refractivity contribution in [3.8, 4) is 11.4 Å². The molecular formula is C20H23N5O2. The summed E-state index contributed by atoms with van der Waals surface area (Å²) < 4.78 is 0. The van der Waals surface area contributed by atoms with Crippen molar-refractivity contribution >= 4 is 11.8 Å². The Morgan fingerprint density at radius 3 is 2.33 bits per heavy atom. The summed E-state index contributed by atoms with van der Waals surface area (Å²) in [5.41, 5.74) is 1.29. The van der Waals surface area contributed by atoms with E-state index in [1.54, 1.807) is 29.7 Å². The molecule has 4 rings (SSSR count). The molecule has 1 aliphatic heterocycles. The van der Waals surface area contributed by atoms with Crippen LogP contribution in [0.3, 0.4) is 0 Å². The van der Waals surface area contributed by atoms with E-state index in [0.717, 1.165) is 37.8 Å². The summed E-state index contributed by atoms with van der Waals surface area (Å²) in [5.74, 6) is 0.943. The number of rotatable bonds is 3. The van der Waals surface area contributed by atoms with Crippen molar-refractivity contribution in [1.82, 2.24) is 24.8 Å². The fraction of sp³-hybridized carbons (Fsp3) is 0.450. The zero-order valence-corrected chi connectivity index (χ0v) is 15.3. The summed E-state index contributed by atoms with van der Waals surface area (Å²) in [4.78, 5) is 41.7. The third kappa shape index (κ3) is 3.82. The van der Waals surface area contributed by atoms with Crippen LogP contribution in [0.15, 0.2) is 36.9 Å². The lowest BCUT2D eigenvalue weighted by molar-refractivity contribution is -0.138. The van der Waals surface area contributed by atoms with Crippen molar-refractivity contribution in [2.45, 2.75) is 25.7 Å². The first-order chi connectivity index (χ1) is 13.2. The van der Waals surface area contributed by atoms with Crippen molar-refractivity contribution in [1.29, 1.82) is 0 Å². The molecule has 1 saturated heterocycles. The minimum Gasteiger partial charge on any atom is -0.341 e. The van der Waals surface area contributed by atoms with Gasteiger partial charge in [-0.25, -0.2) is 9.97 Å². The van der Waals surface area contributed by atoms with Crippen molar-refractivity contribution < 1.29 is 9.59 Å². The van der Waals surface area contributed by atoms with Crippen LogP contribution in [-0.4, -0.2) is 62.7 Å². The predicted octanol–water partition coefficient (Wildman–Crippen LogP) is 2.01. The highest BCUT2D eigenvalue weighted by atomic mass is 16.2. The summed E-state index contributed by atoms with van der Waals surface area (Å²) in [7, 11) is 0. The number of aromatic nitrogens is 3. The molecule has 2 amide bonds. The monoisotopic (exact) mass is 365 g/mol. The number of hydrogen-bond acceptors (Lipinski definition) is 5. The van der Waals surface area contributed by atoms with E-state index in [0.29, 0.717) is 31.0 Å². The fourth-order valence-corrected chi connectivity index (χ4v) is 3.52. The molecule has 0 aromatic carbocycles. The Hall–Kier alpha value is -2.83. The molecular weight excluding hydrogens is 342 g/mol. The van der Waals surface area contributed by atoms with Gasteiger partial charge in [0.25, 0.3) is 5.91 Å². The summed E-state index contributed by atoms with van der Waals surface area (Å²) in [6.45, 7) is 2.55. The molecule has 7 nitrogen and oxygen atoms in total. The van der Waals surface area contributed by atoms with E-state index in [4.69, 9.17) is 0 Å². The van der Waals surface area contributed by atoms with Crippen molar-refractivity contribution in [3.05, 3.63) is 42.5 Å². The molecule has 2 aliphatic rings. The standard InChI is InChI=1S/C20H23N5O2/c26-19(15-4-1-5-15)24-8-3-9-25(11-10-24)20(27)17-13-22-18(23-14-17)16-6-2-7-21-12-16/h2,6-7,12-15H,1,3-5,8-11H2. The first-order valence-electron chi connectivity index (χ1n) is 9.53. The van der Waals surface area contributed by atoms with E-state index in [-0.39, 0.29) is 17.7 Å². The maximum atomic E-state index is 12.8. The van der Waals surface area contributed by atoms with E-state index in [1.807, 2.05) is 17.0 Å². The Balaban J connectivity index is 1.39. The minimum atomic E-state index is -0.0781. The van der Waals surface area contributed by atoms with Gasteiger partial charge in [-0.3, -0.25) is 14.6 Å². The second kappa shape index (κ2) is 7.82. The highest BCUT2D eigenvalue weighted by molar-refractivity contribution is 5.93. The lowest BCUT2D eigenvalue weighted by Gasteiger charge is -2.31. The van der Waals surface area contributed by atoms with Gasteiger partial charge in [0.1, 0.15) is 0 Å². The Bertz CT molecular complexity index is 805. The Kier molecular flexibility index (Phi) is 5.09. The maximum Gasteiger partial charge on any atom is 0.257 e. The van der Waals surface area contributed by atoms with Crippen LogP contribution < -0.4 is 0 Å². The van der Waals surface area contributed by atoms with Crippen LogP contribution in [0.1, 0.15) is 36.0 Å². The van der Waals surface area contributed by atoms with E-state index in [1.165, 1.54) is 0 Å². The normalized spacial score (nSPS) is 17.9. The number of amides is 2. The average Bonchev–Trinajstić information content (AvgIpc) is 2.93. The van der Waals surface area contributed by atoms with Gasteiger partial charge in [0.15, 0.2) is 5.82 Å². The molecule has 0 bridgehead atoms. The molecule has 0 N–H and O–H groups in total. The Labute approximate surface area is 158 Å². The summed E-state index contributed by atoms with van der Waals surface area (Å²) in [5, 5.41) is 0. The largest absolute Gasteiger partial charge is 0.341 e. The molecule has 0 radical (unpaired) electrons. The Morgan fingerprint density at radius 1 is 0.926 bits per heavy atom. The molecule has 140 valence electrons.